The predicted molar refractivity (Wildman–Crippen MR) is 118 cm³/mol. The molecule has 0 unspecified atom stereocenters. The SMILES string of the molecule is Cc1cc(C(=O)NC(C)C)c(C)c(C)c1NC(=O)CCCCNS(=O)(=O)C(C)C. The molecule has 0 saturated carbocycles. The van der Waals surface area contributed by atoms with Gasteiger partial charge in [-0.15, -0.1) is 0 Å². The standard InChI is InChI=1S/C21H35N3O4S/c1-13(2)23-21(26)18-12-15(5)20(17(7)16(18)6)24-19(25)10-8-9-11-22-29(27,28)14(3)4/h12-14,22H,8-11H2,1-7H3,(H,23,26)(H,24,25). The molecule has 8 heteroatoms. The van der Waals surface area contributed by atoms with Crippen molar-refractivity contribution in [2.24, 2.45) is 0 Å². The fraction of sp³-hybridized carbons (Fsp3) is 0.619. The van der Waals surface area contributed by atoms with Gasteiger partial charge in [0.05, 0.1) is 5.25 Å². The molecule has 1 aromatic carbocycles. The number of unbranched alkanes of at least 4 members (excludes halogenated alkanes) is 1. The van der Waals surface area contributed by atoms with Gasteiger partial charge in [-0.25, -0.2) is 13.1 Å². The van der Waals surface area contributed by atoms with E-state index in [1.54, 1.807) is 19.9 Å². The van der Waals surface area contributed by atoms with Crippen molar-refractivity contribution in [3.63, 3.8) is 0 Å². The molecule has 0 spiro atoms. The second kappa shape index (κ2) is 10.7. The van der Waals surface area contributed by atoms with Crippen LogP contribution in [0.2, 0.25) is 0 Å². The van der Waals surface area contributed by atoms with Gasteiger partial charge in [0.1, 0.15) is 0 Å². The Balaban J connectivity index is 2.68. The lowest BCUT2D eigenvalue weighted by molar-refractivity contribution is -0.116. The molecule has 0 saturated heterocycles. The zero-order chi connectivity index (χ0) is 22.4. The van der Waals surface area contributed by atoms with Crippen LogP contribution < -0.4 is 15.4 Å². The summed E-state index contributed by atoms with van der Waals surface area (Å²) in [6.45, 7) is 13.0. The third kappa shape index (κ3) is 7.44. The molecule has 0 heterocycles. The Morgan fingerprint density at radius 3 is 2.17 bits per heavy atom. The zero-order valence-electron chi connectivity index (χ0n) is 18.6. The van der Waals surface area contributed by atoms with Crippen LogP contribution in [0, 0.1) is 20.8 Å². The van der Waals surface area contributed by atoms with E-state index < -0.39 is 15.3 Å². The third-order valence-corrected chi connectivity index (χ3v) is 6.63. The first-order valence-electron chi connectivity index (χ1n) is 10.1. The molecule has 29 heavy (non-hydrogen) atoms. The Kier molecular flexibility index (Phi) is 9.29. The van der Waals surface area contributed by atoms with Crippen molar-refractivity contribution >= 4 is 27.5 Å². The van der Waals surface area contributed by atoms with Gasteiger partial charge in [-0.1, -0.05) is 0 Å². The summed E-state index contributed by atoms with van der Waals surface area (Å²) in [6, 6.07) is 1.85. The van der Waals surface area contributed by atoms with Crippen molar-refractivity contribution in [1.82, 2.24) is 10.0 Å². The van der Waals surface area contributed by atoms with E-state index in [2.05, 4.69) is 15.4 Å². The van der Waals surface area contributed by atoms with E-state index in [1.165, 1.54) is 0 Å². The van der Waals surface area contributed by atoms with Crippen molar-refractivity contribution < 1.29 is 18.0 Å². The van der Waals surface area contributed by atoms with Gasteiger partial charge in [-0.3, -0.25) is 9.59 Å². The Hall–Kier alpha value is -1.93. The number of carbonyl (C=O) groups excluding carboxylic acids is 2. The molecule has 3 N–H and O–H groups in total. The maximum absolute atomic E-state index is 12.4. The molecule has 0 aliphatic carbocycles. The normalized spacial score (nSPS) is 11.8. The van der Waals surface area contributed by atoms with Crippen molar-refractivity contribution in [3.05, 3.63) is 28.3 Å². The highest BCUT2D eigenvalue weighted by molar-refractivity contribution is 7.90. The first kappa shape index (κ1) is 25.1. The average Bonchev–Trinajstić information content (AvgIpc) is 2.60. The predicted octanol–water partition coefficient (Wildman–Crippen LogP) is 3.19. The molecular weight excluding hydrogens is 390 g/mol. The maximum atomic E-state index is 12.4. The first-order valence-corrected chi connectivity index (χ1v) is 11.6. The molecule has 1 rings (SSSR count). The Morgan fingerprint density at radius 2 is 1.62 bits per heavy atom. The fourth-order valence-electron chi connectivity index (χ4n) is 2.84. The van der Waals surface area contributed by atoms with Gasteiger partial charge < -0.3 is 10.6 Å². The van der Waals surface area contributed by atoms with Crippen LogP contribution in [0.4, 0.5) is 5.69 Å². The molecule has 0 aliphatic rings. The van der Waals surface area contributed by atoms with E-state index in [-0.39, 0.29) is 17.9 Å². The van der Waals surface area contributed by atoms with Gasteiger partial charge in [-0.2, -0.15) is 0 Å². The van der Waals surface area contributed by atoms with Crippen LogP contribution in [0.1, 0.15) is 74.0 Å². The fourth-order valence-corrected chi connectivity index (χ4v) is 3.61. The van der Waals surface area contributed by atoms with Gasteiger partial charge in [0, 0.05) is 30.3 Å². The van der Waals surface area contributed by atoms with E-state index >= 15 is 0 Å². The third-order valence-electron chi connectivity index (χ3n) is 4.78. The summed E-state index contributed by atoms with van der Waals surface area (Å²) in [7, 11) is -3.27. The lowest BCUT2D eigenvalue weighted by Crippen LogP contribution is -2.31. The van der Waals surface area contributed by atoms with Crippen molar-refractivity contribution in [2.45, 2.75) is 79.0 Å². The van der Waals surface area contributed by atoms with E-state index in [4.69, 9.17) is 0 Å². The number of anilines is 1. The molecule has 0 fully saturated rings. The minimum atomic E-state index is -3.27. The van der Waals surface area contributed by atoms with E-state index in [9.17, 15) is 18.0 Å². The Bertz CT molecular complexity index is 846. The molecule has 2 amide bonds. The van der Waals surface area contributed by atoms with E-state index in [0.717, 1.165) is 22.4 Å². The number of hydrogen-bond donors (Lipinski definition) is 3. The van der Waals surface area contributed by atoms with Gasteiger partial charge in [0.2, 0.25) is 15.9 Å². The number of benzene rings is 1. The Morgan fingerprint density at radius 1 is 1.00 bits per heavy atom. The summed E-state index contributed by atoms with van der Waals surface area (Å²) < 4.78 is 25.9. The van der Waals surface area contributed by atoms with Crippen LogP contribution in [-0.2, 0) is 14.8 Å². The van der Waals surface area contributed by atoms with E-state index in [0.29, 0.717) is 31.4 Å². The van der Waals surface area contributed by atoms with Gasteiger partial charge in [-0.05, 0) is 84.1 Å². The summed E-state index contributed by atoms with van der Waals surface area (Å²) in [5.41, 5.74) is 3.89. The molecule has 164 valence electrons. The smallest absolute Gasteiger partial charge is 0.251 e. The molecule has 0 radical (unpaired) electrons. The van der Waals surface area contributed by atoms with Crippen LogP contribution in [0.25, 0.3) is 0 Å². The number of rotatable bonds is 10. The van der Waals surface area contributed by atoms with Crippen LogP contribution in [0.5, 0.6) is 0 Å². The monoisotopic (exact) mass is 425 g/mol. The molecule has 0 atom stereocenters. The van der Waals surface area contributed by atoms with Crippen molar-refractivity contribution in [2.75, 3.05) is 11.9 Å². The summed E-state index contributed by atoms with van der Waals surface area (Å²) in [5, 5.41) is 5.37. The highest BCUT2D eigenvalue weighted by Gasteiger charge is 2.18. The number of aryl methyl sites for hydroxylation is 1. The quantitative estimate of drug-likeness (QED) is 0.501. The lowest BCUT2D eigenvalue weighted by Gasteiger charge is -2.18. The largest absolute Gasteiger partial charge is 0.350 e. The summed E-state index contributed by atoms with van der Waals surface area (Å²) in [4.78, 5) is 24.7. The molecule has 0 bridgehead atoms. The van der Waals surface area contributed by atoms with Crippen LogP contribution >= 0.6 is 0 Å². The zero-order valence-corrected chi connectivity index (χ0v) is 19.4. The van der Waals surface area contributed by atoms with Crippen LogP contribution in [-0.4, -0.2) is 38.1 Å². The number of nitrogens with one attached hydrogen (secondary N) is 3. The van der Waals surface area contributed by atoms with Crippen LogP contribution in [0.3, 0.4) is 0 Å². The summed E-state index contributed by atoms with van der Waals surface area (Å²) in [6.07, 6.45) is 1.47. The number of hydrogen-bond acceptors (Lipinski definition) is 4. The molecule has 0 aromatic heterocycles. The number of amides is 2. The summed E-state index contributed by atoms with van der Waals surface area (Å²) >= 11 is 0. The minimum Gasteiger partial charge on any atom is -0.350 e. The van der Waals surface area contributed by atoms with Crippen molar-refractivity contribution in [1.29, 1.82) is 0 Å². The minimum absolute atomic E-state index is 0.0481. The molecule has 1 aromatic rings. The highest BCUT2D eigenvalue weighted by Crippen LogP contribution is 2.27. The molecule has 7 nitrogen and oxygen atoms in total. The topological polar surface area (TPSA) is 104 Å². The second-order valence-electron chi connectivity index (χ2n) is 7.99. The molecule has 0 aliphatic heterocycles. The first-order chi connectivity index (χ1) is 13.4. The lowest BCUT2D eigenvalue weighted by atomic mass is 9.96. The molecular formula is C21H35N3O4S. The van der Waals surface area contributed by atoms with Gasteiger partial charge >= 0.3 is 0 Å². The van der Waals surface area contributed by atoms with Crippen LogP contribution in [0.15, 0.2) is 6.07 Å². The van der Waals surface area contributed by atoms with E-state index in [1.807, 2.05) is 34.6 Å². The highest BCUT2D eigenvalue weighted by atomic mass is 32.2. The Labute approximate surface area is 175 Å². The number of carbonyl (C=O) groups is 2. The number of sulfonamides is 1. The maximum Gasteiger partial charge on any atom is 0.251 e. The second-order valence-corrected chi connectivity index (χ2v) is 10.3. The average molecular weight is 426 g/mol. The van der Waals surface area contributed by atoms with Gasteiger partial charge in [0.25, 0.3) is 5.91 Å². The van der Waals surface area contributed by atoms with Gasteiger partial charge in [0.15, 0.2) is 0 Å². The van der Waals surface area contributed by atoms with Crippen molar-refractivity contribution in [3.8, 4) is 0 Å². The summed E-state index contributed by atoms with van der Waals surface area (Å²) in [5.74, 6) is -0.243.